The van der Waals surface area contributed by atoms with Gasteiger partial charge >= 0.3 is 0 Å². The Labute approximate surface area is 147 Å². The summed E-state index contributed by atoms with van der Waals surface area (Å²) in [4.78, 5) is 4.68. The summed E-state index contributed by atoms with van der Waals surface area (Å²) >= 11 is 2.06. The Hall–Kier alpha value is -1.95. The zero-order valence-corrected chi connectivity index (χ0v) is 14.9. The number of rotatable bonds is 6. The highest BCUT2D eigenvalue weighted by Crippen LogP contribution is 2.25. The summed E-state index contributed by atoms with van der Waals surface area (Å²) in [6.45, 7) is 4.57. The van der Waals surface area contributed by atoms with Crippen LogP contribution in [0.3, 0.4) is 0 Å². The van der Waals surface area contributed by atoms with E-state index in [1.54, 1.807) is 0 Å². The third kappa shape index (κ3) is 4.77. The van der Waals surface area contributed by atoms with Gasteiger partial charge in [0.05, 0.1) is 18.4 Å². The van der Waals surface area contributed by atoms with Crippen molar-refractivity contribution in [3.8, 4) is 5.69 Å². The molecule has 1 aliphatic heterocycles. The second-order valence-electron chi connectivity index (χ2n) is 5.84. The SMILES string of the molecule is CCNC(=NCc1cnn(-c2ccccc2)c1)NCC1CCCS1. The minimum Gasteiger partial charge on any atom is -0.357 e. The maximum atomic E-state index is 4.68. The Morgan fingerprint density at radius 3 is 2.96 bits per heavy atom. The molecule has 1 atom stereocenters. The number of aliphatic imine (C=N–C) groups is 1. The molecule has 0 aliphatic carbocycles. The lowest BCUT2D eigenvalue weighted by molar-refractivity contribution is 0.727. The third-order valence-electron chi connectivity index (χ3n) is 3.94. The zero-order chi connectivity index (χ0) is 16.6. The summed E-state index contributed by atoms with van der Waals surface area (Å²) < 4.78 is 1.89. The molecule has 2 aromatic rings. The van der Waals surface area contributed by atoms with Gasteiger partial charge in [-0.15, -0.1) is 0 Å². The van der Waals surface area contributed by atoms with Gasteiger partial charge in [-0.25, -0.2) is 9.67 Å². The molecule has 3 rings (SSSR count). The number of nitrogens with zero attached hydrogens (tertiary/aromatic N) is 3. The molecule has 0 saturated carbocycles. The first-order valence-corrected chi connectivity index (χ1v) is 9.63. The van der Waals surface area contributed by atoms with Crippen molar-refractivity contribution in [2.24, 2.45) is 4.99 Å². The van der Waals surface area contributed by atoms with E-state index in [1.165, 1.54) is 18.6 Å². The van der Waals surface area contributed by atoms with E-state index in [0.29, 0.717) is 6.54 Å². The summed E-state index contributed by atoms with van der Waals surface area (Å²) in [5.41, 5.74) is 2.17. The topological polar surface area (TPSA) is 54.2 Å². The van der Waals surface area contributed by atoms with Crippen LogP contribution in [0.25, 0.3) is 5.69 Å². The van der Waals surface area contributed by atoms with Crippen LogP contribution in [0, 0.1) is 0 Å². The Kier molecular flexibility index (Phi) is 6.18. The van der Waals surface area contributed by atoms with Crippen molar-refractivity contribution in [3.63, 3.8) is 0 Å². The van der Waals surface area contributed by atoms with Gasteiger partial charge in [0.2, 0.25) is 0 Å². The van der Waals surface area contributed by atoms with Gasteiger partial charge in [0.15, 0.2) is 5.96 Å². The van der Waals surface area contributed by atoms with E-state index in [9.17, 15) is 0 Å². The third-order valence-corrected chi connectivity index (χ3v) is 5.34. The molecule has 1 aromatic heterocycles. The lowest BCUT2D eigenvalue weighted by Crippen LogP contribution is -2.40. The summed E-state index contributed by atoms with van der Waals surface area (Å²) in [5, 5.41) is 11.9. The molecule has 1 fully saturated rings. The van der Waals surface area contributed by atoms with Crippen LogP contribution in [0.2, 0.25) is 0 Å². The fraction of sp³-hybridized carbons (Fsp3) is 0.444. The quantitative estimate of drug-likeness (QED) is 0.625. The van der Waals surface area contributed by atoms with Crippen molar-refractivity contribution >= 4 is 17.7 Å². The predicted octanol–water partition coefficient (Wildman–Crippen LogP) is 2.82. The van der Waals surface area contributed by atoms with Crippen LogP contribution in [-0.2, 0) is 6.54 Å². The molecule has 6 heteroatoms. The molecule has 128 valence electrons. The Balaban J connectivity index is 1.58. The average molecular weight is 344 g/mol. The van der Waals surface area contributed by atoms with Crippen LogP contribution < -0.4 is 10.6 Å². The summed E-state index contributed by atoms with van der Waals surface area (Å²) in [6.07, 6.45) is 6.56. The first kappa shape index (κ1) is 16.9. The molecular formula is C18H25N5S. The van der Waals surface area contributed by atoms with Gasteiger partial charge in [-0.2, -0.15) is 16.9 Å². The number of guanidine groups is 1. The standard InChI is InChI=1S/C18H25N5S/c1-2-19-18(21-13-17-9-6-10-24-17)20-11-15-12-22-23(14-15)16-7-4-3-5-8-16/h3-5,7-8,12,14,17H,2,6,9-11,13H2,1H3,(H2,19,20,21). The van der Waals surface area contributed by atoms with Crippen molar-refractivity contribution in [2.75, 3.05) is 18.8 Å². The molecule has 2 heterocycles. The van der Waals surface area contributed by atoms with Crippen LogP contribution in [0.5, 0.6) is 0 Å². The molecule has 1 aliphatic rings. The van der Waals surface area contributed by atoms with E-state index in [2.05, 4.69) is 39.4 Å². The van der Waals surface area contributed by atoms with Crippen molar-refractivity contribution in [1.29, 1.82) is 0 Å². The normalized spacial score (nSPS) is 17.9. The predicted molar refractivity (Wildman–Crippen MR) is 102 cm³/mol. The van der Waals surface area contributed by atoms with Crippen molar-refractivity contribution in [1.82, 2.24) is 20.4 Å². The molecule has 1 aromatic carbocycles. The molecule has 0 radical (unpaired) electrons. The Morgan fingerprint density at radius 1 is 1.33 bits per heavy atom. The fourth-order valence-corrected chi connectivity index (χ4v) is 3.89. The number of nitrogens with one attached hydrogen (secondary N) is 2. The van der Waals surface area contributed by atoms with Crippen LogP contribution in [0.15, 0.2) is 47.7 Å². The Bertz CT molecular complexity index is 646. The lowest BCUT2D eigenvalue weighted by atomic mass is 10.2. The van der Waals surface area contributed by atoms with Gasteiger partial charge in [0, 0.05) is 30.1 Å². The molecule has 1 unspecified atom stereocenters. The number of benzene rings is 1. The summed E-state index contributed by atoms with van der Waals surface area (Å²) in [7, 11) is 0. The number of aromatic nitrogens is 2. The molecule has 1 saturated heterocycles. The molecular weight excluding hydrogens is 318 g/mol. The largest absolute Gasteiger partial charge is 0.357 e. The molecule has 24 heavy (non-hydrogen) atoms. The fourth-order valence-electron chi connectivity index (χ4n) is 2.69. The van der Waals surface area contributed by atoms with Gasteiger partial charge in [0.1, 0.15) is 0 Å². The molecule has 0 bridgehead atoms. The van der Waals surface area contributed by atoms with E-state index in [0.717, 1.165) is 35.5 Å². The minimum atomic E-state index is 0.625. The second-order valence-corrected chi connectivity index (χ2v) is 7.25. The smallest absolute Gasteiger partial charge is 0.191 e. The van der Waals surface area contributed by atoms with E-state index in [1.807, 2.05) is 47.4 Å². The lowest BCUT2D eigenvalue weighted by Gasteiger charge is -2.14. The second kappa shape index (κ2) is 8.78. The highest BCUT2D eigenvalue weighted by atomic mass is 32.2. The van der Waals surface area contributed by atoms with Crippen LogP contribution >= 0.6 is 11.8 Å². The molecule has 0 spiro atoms. The van der Waals surface area contributed by atoms with E-state index in [4.69, 9.17) is 0 Å². The van der Waals surface area contributed by atoms with Gasteiger partial charge in [-0.3, -0.25) is 0 Å². The average Bonchev–Trinajstić information content (AvgIpc) is 3.30. The molecule has 0 amide bonds. The van der Waals surface area contributed by atoms with Gasteiger partial charge in [-0.05, 0) is 37.7 Å². The van der Waals surface area contributed by atoms with Gasteiger partial charge in [0.25, 0.3) is 0 Å². The van der Waals surface area contributed by atoms with Crippen molar-refractivity contribution in [3.05, 3.63) is 48.3 Å². The minimum absolute atomic E-state index is 0.625. The number of para-hydroxylation sites is 1. The number of hydrogen-bond donors (Lipinski definition) is 2. The summed E-state index contributed by atoms with van der Waals surface area (Å²) in [6, 6.07) is 10.1. The zero-order valence-electron chi connectivity index (χ0n) is 14.1. The highest BCUT2D eigenvalue weighted by molar-refractivity contribution is 8.00. The number of thioether (sulfide) groups is 1. The molecule has 5 nitrogen and oxygen atoms in total. The van der Waals surface area contributed by atoms with Crippen molar-refractivity contribution in [2.45, 2.75) is 31.6 Å². The van der Waals surface area contributed by atoms with E-state index >= 15 is 0 Å². The highest BCUT2D eigenvalue weighted by Gasteiger charge is 2.15. The first-order chi connectivity index (χ1) is 11.8. The van der Waals surface area contributed by atoms with Gasteiger partial charge < -0.3 is 10.6 Å². The van der Waals surface area contributed by atoms with Crippen molar-refractivity contribution < 1.29 is 0 Å². The maximum Gasteiger partial charge on any atom is 0.191 e. The van der Waals surface area contributed by atoms with Gasteiger partial charge in [-0.1, -0.05) is 18.2 Å². The Morgan fingerprint density at radius 2 is 2.21 bits per heavy atom. The van der Waals surface area contributed by atoms with E-state index < -0.39 is 0 Å². The summed E-state index contributed by atoms with van der Waals surface area (Å²) in [5.74, 6) is 2.18. The monoisotopic (exact) mass is 343 g/mol. The molecule has 2 N–H and O–H groups in total. The van der Waals surface area contributed by atoms with E-state index in [-0.39, 0.29) is 0 Å². The van der Waals surface area contributed by atoms with Crippen LogP contribution in [-0.4, -0.2) is 39.8 Å². The maximum absolute atomic E-state index is 4.68. The van der Waals surface area contributed by atoms with Crippen LogP contribution in [0.4, 0.5) is 0 Å². The number of hydrogen-bond acceptors (Lipinski definition) is 3. The van der Waals surface area contributed by atoms with Crippen LogP contribution in [0.1, 0.15) is 25.3 Å². The first-order valence-electron chi connectivity index (χ1n) is 8.58.